The summed E-state index contributed by atoms with van der Waals surface area (Å²) in [4.78, 5) is 39.8. The normalized spacial score (nSPS) is 14.1. The van der Waals surface area contributed by atoms with E-state index in [4.69, 9.17) is 13.8 Å². The summed E-state index contributed by atoms with van der Waals surface area (Å²) in [5.41, 5.74) is 0. The minimum Gasteiger partial charge on any atom is -0.756 e. The van der Waals surface area contributed by atoms with E-state index in [-0.39, 0.29) is 18.9 Å². The maximum Gasteiger partial charge on any atom is 0.306 e. The van der Waals surface area contributed by atoms with Crippen LogP contribution >= 0.6 is 7.82 Å². The molecule has 0 spiro atoms. The van der Waals surface area contributed by atoms with Crippen LogP contribution in [0.2, 0.25) is 0 Å². The van der Waals surface area contributed by atoms with Crippen molar-refractivity contribution in [2.45, 2.75) is 277 Å². The van der Waals surface area contributed by atoms with Crippen LogP contribution in [-0.2, 0) is 27.9 Å². The topological polar surface area (TPSA) is 114 Å². The lowest BCUT2D eigenvalue weighted by Crippen LogP contribution is -2.47. The molecule has 3 unspecified atom stereocenters. The Balaban J connectivity index is 5.32. The number of phosphoric ester groups is 1. The molecule has 0 aromatic rings. The van der Waals surface area contributed by atoms with Gasteiger partial charge in [-0.15, -0.1) is 0 Å². The molecular weight excluding hydrogens is 880 g/mol. The Morgan fingerprint density at radius 1 is 0.507 bits per heavy atom. The quantitative estimate of drug-likeness (QED) is 0.0212. The number of carbonyl (C=O) groups is 2. The van der Waals surface area contributed by atoms with E-state index in [1.54, 1.807) is 0 Å². The second kappa shape index (κ2) is 49.5. The summed E-state index contributed by atoms with van der Waals surface area (Å²) in [7, 11) is 1.16. The van der Waals surface area contributed by atoms with Crippen LogP contribution in [0, 0.1) is 0 Å². The van der Waals surface area contributed by atoms with Crippen molar-refractivity contribution in [2.75, 3.05) is 40.9 Å². The number of nitrogens with one attached hydrogen (secondary N) is 1. The molecule has 0 saturated heterocycles. The summed E-state index contributed by atoms with van der Waals surface area (Å²) >= 11 is 0. The smallest absolute Gasteiger partial charge is 0.306 e. The Labute approximate surface area is 427 Å². The molecule has 0 fully saturated rings. The van der Waals surface area contributed by atoms with Gasteiger partial charge in [-0.25, -0.2) is 0 Å². The van der Waals surface area contributed by atoms with Crippen molar-refractivity contribution in [1.82, 2.24) is 5.32 Å². The van der Waals surface area contributed by atoms with Gasteiger partial charge >= 0.3 is 5.97 Å². The zero-order chi connectivity index (χ0) is 50.8. The SMILES string of the molecule is CCCCCCCC/C=C\C/C=C/CCC(=O)OC(/C=C\CCCCCCCCCCC)C(COP(=O)([O-])OCC[N+](C)(C)C)NC(=O)CCCCCCCCCCC/C=C/CCCCCCCC. The third kappa shape index (κ3) is 50.7. The van der Waals surface area contributed by atoms with Crippen LogP contribution in [0.15, 0.2) is 48.6 Å². The Morgan fingerprint density at radius 2 is 0.899 bits per heavy atom. The van der Waals surface area contributed by atoms with Crippen LogP contribution in [-0.4, -0.2) is 69.4 Å². The van der Waals surface area contributed by atoms with E-state index in [1.165, 1.54) is 167 Å². The Bertz CT molecular complexity index is 1330. The van der Waals surface area contributed by atoms with Gasteiger partial charge < -0.3 is 28.5 Å². The maximum atomic E-state index is 13.5. The maximum absolute atomic E-state index is 13.5. The molecule has 1 N–H and O–H groups in total. The number of allylic oxidation sites excluding steroid dienone is 7. The Kier molecular flexibility index (Phi) is 48.1. The van der Waals surface area contributed by atoms with Crippen molar-refractivity contribution in [2.24, 2.45) is 0 Å². The first-order valence-corrected chi connectivity index (χ1v) is 30.4. The lowest BCUT2D eigenvalue weighted by Gasteiger charge is -2.30. The van der Waals surface area contributed by atoms with Crippen molar-refractivity contribution in [1.29, 1.82) is 0 Å². The van der Waals surface area contributed by atoms with E-state index in [0.29, 0.717) is 23.9 Å². The average molecular weight is 992 g/mol. The van der Waals surface area contributed by atoms with Crippen LogP contribution < -0.4 is 10.2 Å². The molecule has 0 rings (SSSR count). The molecule has 0 aromatic heterocycles. The van der Waals surface area contributed by atoms with Gasteiger partial charge in [0.25, 0.3) is 7.82 Å². The van der Waals surface area contributed by atoms with Crippen molar-refractivity contribution in [3.05, 3.63) is 48.6 Å². The number of hydrogen-bond acceptors (Lipinski definition) is 7. The predicted octanol–water partition coefficient (Wildman–Crippen LogP) is 16.7. The molecule has 0 bridgehead atoms. The molecule has 10 heteroatoms. The fraction of sp³-hybridized carbons (Fsp3) is 0.831. The number of quaternary nitrogens is 1. The van der Waals surface area contributed by atoms with Crippen LogP contribution in [0.1, 0.15) is 265 Å². The van der Waals surface area contributed by atoms with Crippen LogP contribution in [0.5, 0.6) is 0 Å². The van der Waals surface area contributed by atoms with Crippen LogP contribution in [0.3, 0.4) is 0 Å². The number of likely N-dealkylation sites (N-methyl/N-ethyl adjacent to an activating group) is 1. The van der Waals surface area contributed by atoms with Crippen LogP contribution in [0.25, 0.3) is 0 Å². The van der Waals surface area contributed by atoms with Gasteiger partial charge in [-0.2, -0.15) is 0 Å². The van der Waals surface area contributed by atoms with Gasteiger partial charge in [0.2, 0.25) is 5.91 Å². The molecule has 0 saturated carbocycles. The fourth-order valence-electron chi connectivity index (χ4n) is 8.22. The van der Waals surface area contributed by atoms with Crippen molar-refractivity contribution >= 4 is 19.7 Å². The zero-order valence-electron chi connectivity index (χ0n) is 46.0. The number of hydrogen-bond donors (Lipinski definition) is 1. The minimum absolute atomic E-state index is 0.0300. The van der Waals surface area contributed by atoms with Gasteiger partial charge in [0.15, 0.2) is 0 Å². The Morgan fingerprint density at radius 3 is 1.35 bits per heavy atom. The number of phosphoric acid groups is 1. The lowest BCUT2D eigenvalue weighted by atomic mass is 10.0. The molecule has 3 atom stereocenters. The highest BCUT2D eigenvalue weighted by atomic mass is 31.2. The molecule has 0 heterocycles. The van der Waals surface area contributed by atoms with Gasteiger partial charge in [0.1, 0.15) is 19.3 Å². The molecular formula is C59H111N2O7P. The third-order valence-corrected chi connectivity index (χ3v) is 13.7. The van der Waals surface area contributed by atoms with Gasteiger partial charge in [0, 0.05) is 12.8 Å². The standard InChI is InChI=1S/C59H111N2O7P/c1-7-10-13-16-19-22-25-27-28-29-30-31-32-34-36-39-42-45-48-51-58(62)60-56(55-67-69(64,65)66-54-53-61(4,5)6)57(50-47-44-41-38-35-24-21-18-15-12-9-3)68-59(63)52-49-46-43-40-37-33-26-23-20-17-14-11-8-2/h27-28,33,37,43,46-47,50,56-57H,7-26,29-32,34-36,38-42,44-45,48-49,51-55H2,1-6H3,(H-,60,62,64,65)/b28-27+,37-33-,46-43+,50-47-. The molecule has 0 radical (unpaired) electrons. The summed E-state index contributed by atoms with van der Waals surface area (Å²) in [6.07, 6.45) is 59.5. The first kappa shape index (κ1) is 67.0. The highest BCUT2D eigenvalue weighted by molar-refractivity contribution is 7.45. The number of amides is 1. The molecule has 0 aromatic carbocycles. The highest BCUT2D eigenvalue weighted by Gasteiger charge is 2.27. The van der Waals surface area contributed by atoms with Crippen molar-refractivity contribution in [3.63, 3.8) is 0 Å². The monoisotopic (exact) mass is 991 g/mol. The number of unbranched alkanes of at least 4 members (excludes halogenated alkanes) is 30. The predicted molar refractivity (Wildman–Crippen MR) is 293 cm³/mol. The van der Waals surface area contributed by atoms with Gasteiger partial charge in [-0.05, 0) is 76.7 Å². The minimum atomic E-state index is -4.70. The highest BCUT2D eigenvalue weighted by Crippen LogP contribution is 2.38. The second-order valence-electron chi connectivity index (χ2n) is 20.8. The fourth-order valence-corrected chi connectivity index (χ4v) is 8.94. The molecule has 69 heavy (non-hydrogen) atoms. The van der Waals surface area contributed by atoms with Crippen LogP contribution in [0.4, 0.5) is 0 Å². The second-order valence-corrected chi connectivity index (χ2v) is 22.2. The molecule has 0 aliphatic heterocycles. The molecule has 9 nitrogen and oxygen atoms in total. The number of rotatable bonds is 52. The van der Waals surface area contributed by atoms with Gasteiger partial charge in [-0.3, -0.25) is 14.2 Å². The summed E-state index contributed by atoms with van der Waals surface area (Å²) in [5.74, 6) is -0.618. The largest absolute Gasteiger partial charge is 0.756 e. The van der Waals surface area contributed by atoms with E-state index < -0.39 is 32.5 Å². The number of ether oxygens (including phenoxy) is 1. The van der Waals surface area contributed by atoms with E-state index in [2.05, 4.69) is 56.5 Å². The molecule has 0 aliphatic rings. The van der Waals surface area contributed by atoms with E-state index in [9.17, 15) is 19.0 Å². The number of esters is 1. The first-order chi connectivity index (χ1) is 33.4. The van der Waals surface area contributed by atoms with Gasteiger partial charge in [-0.1, -0.05) is 224 Å². The van der Waals surface area contributed by atoms with E-state index >= 15 is 0 Å². The average Bonchev–Trinajstić information content (AvgIpc) is 3.31. The van der Waals surface area contributed by atoms with Crippen molar-refractivity contribution < 1.29 is 37.3 Å². The number of nitrogens with zero attached hydrogens (tertiary/aromatic N) is 1. The number of carbonyl (C=O) groups excluding carboxylic acids is 2. The Hall–Kier alpha value is -2.03. The molecule has 0 aliphatic carbocycles. The molecule has 1 amide bonds. The molecule has 404 valence electrons. The zero-order valence-corrected chi connectivity index (χ0v) is 46.9. The summed E-state index contributed by atoms with van der Waals surface area (Å²) in [6, 6.07) is -0.909. The first-order valence-electron chi connectivity index (χ1n) is 28.9. The van der Waals surface area contributed by atoms with E-state index in [1.807, 2.05) is 39.4 Å². The van der Waals surface area contributed by atoms with Gasteiger partial charge in [0.05, 0.1) is 33.8 Å². The summed E-state index contributed by atoms with van der Waals surface area (Å²) in [5, 5.41) is 3.00. The van der Waals surface area contributed by atoms with Crippen molar-refractivity contribution in [3.8, 4) is 0 Å². The third-order valence-electron chi connectivity index (χ3n) is 12.7. The summed E-state index contributed by atoms with van der Waals surface area (Å²) < 4.78 is 30.1. The van der Waals surface area contributed by atoms with E-state index in [0.717, 1.165) is 57.8 Å². The lowest BCUT2D eigenvalue weighted by molar-refractivity contribution is -0.870. The summed E-state index contributed by atoms with van der Waals surface area (Å²) in [6.45, 7) is 6.79.